The number of nitrogens with one attached hydrogen (secondary N) is 1. The fourth-order valence-electron chi connectivity index (χ4n) is 2.23. The van der Waals surface area contributed by atoms with Gasteiger partial charge in [0.15, 0.2) is 0 Å². The molecule has 3 nitrogen and oxygen atoms in total. The zero-order valence-corrected chi connectivity index (χ0v) is 12.6. The first kappa shape index (κ1) is 12.7. The third-order valence-corrected chi connectivity index (χ3v) is 4.02. The molecule has 17 heavy (non-hydrogen) atoms. The number of benzene rings is 1. The molecule has 1 atom stereocenters. The van der Waals surface area contributed by atoms with Crippen molar-refractivity contribution in [3.05, 3.63) is 29.3 Å². The van der Waals surface area contributed by atoms with Crippen molar-refractivity contribution < 1.29 is 4.79 Å². The first-order chi connectivity index (χ1) is 8.19. The van der Waals surface area contributed by atoms with Crippen molar-refractivity contribution in [1.29, 1.82) is 0 Å². The molecule has 0 fully saturated rings. The number of hydrogen-bond acceptors (Lipinski definition) is 2. The minimum absolute atomic E-state index is 0.107. The molecule has 1 aliphatic heterocycles. The summed E-state index contributed by atoms with van der Waals surface area (Å²) in [5, 5.41) is 2.68. The Bertz CT molecular complexity index is 420. The van der Waals surface area contributed by atoms with Gasteiger partial charge in [0.2, 0.25) is 0 Å². The van der Waals surface area contributed by atoms with Gasteiger partial charge in [-0.1, -0.05) is 0 Å². The molecule has 0 bridgehead atoms. The first-order valence-electron chi connectivity index (χ1n) is 5.99. The molecule has 0 saturated heterocycles. The zero-order chi connectivity index (χ0) is 12.3. The van der Waals surface area contributed by atoms with E-state index in [1.165, 1.54) is 15.5 Å². The van der Waals surface area contributed by atoms with Crippen molar-refractivity contribution in [1.82, 2.24) is 10.2 Å². The van der Waals surface area contributed by atoms with E-state index in [2.05, 4.69) is 28.4 Å². The number of nitrogens with zero attached hydrogens (tertiary/aromatic N) is 1. The molecule has 0 aliphatic carbocycles. The van der Waals surface area contributed by atoms with Gasteiger partial charge in [0.1, 0.15) is 0 Å². The number of carbonyl (C=O) groups excluding carboxylic acids is 1. The van der Waals surface area contributed by atoms with Gasteiger partial charge < -0.3 is 0 Å². The Morgan fingerprint density at radius 1 is 1.35 bits per heavy atom. The van der Waals surface area contributed by atoms with Crippen LogP contribution in [0.4, 0.5) is 0 Å². The summed E-state index contributed by atoms with van der Waals surface area (Å²) >= 11 is 1.67. The van der Waals surface area contributed by atoms with Crippen LogP contribution in [0.1, 0.15) is 11.1 Å². The molecule has 1 heterocycles. The van der Waals surface area contributed by atoms with Crippen LogP contribution in [0.5, 0.6) is 0 Å². The Morgan fingerprint density at radius 3 is 2.76 bits per heavy atom. The van der Waals surface area contributed by atoms with Gasteiger partial charge in [0.25, 0.3) is 0 Å². The van der Waals surface area contributed by atoms with Crippen LogP contribution < -0.4 is 9.67 Å². The maximum absolute atomic E-state index is 11.4. The van der Waals surface area contributed by atoms with Crippen LogP contribution in [0, 0.1) is 0 Å². The number of fused-ring (bicyclic) bond motifs is 1. The fourth-order valence-corrected chi connectivity index (χ4v) is 2.86. The quantitative estimate of drug-likeness (QED) is 0.717. The number of hydrogen-bond donors (Lipinski definition) is 1. The van der Waals surface area contributed by atoms with Gasteiger partial charge in [-0.2, -0.15) is 0 Å². The summed E-state index contributed by atoms with van der Waals surface area (Å²) in [6, 6.07) is 6.75. The maximum atomic E-state index is 11.4. The van der Waals surface area contributed by atoms with Crippen LogP contribution in [0.25, 0.3) is 0 Å². The average molecular weight is 294 g/mol. The van der Waals surface area contributed by atoms with Crippen molar-refractivity contribution in [3.63, 3.8) is 0 Å². The second-order valence-electron chi connectivity index (χ2n) is 4.48. The van der Waals surface area contributed by atoms with E-state index in [9.17, 15) is 4.79 Å². The van der Waals surface area contributed by atoms with Crippen molar-refractivity contribution in [2.45, 2.75) is 12.8 Å². The van der Waals surface area contributed by atoms with Gasteiger partial charge in [0, 0.05) is 0 Å². The Morgan fingerprint density at radius 2 is 2.06 bits per heavy atom. The van der Waals surface area contributed by atoms with Gasteiger partial charge in [-0.3, -0.25) is 0 Å². The van der Waals surface area contributed by atoms with Gasteiger partial charge in [0.05, 0.1) is 0 Å². The summed E-state index contributed by atoms with van der Waals surface area (Å²) in [4.78, 5) is 13.6. The van der Waals surface area contributed by atoms with Crippen LogP contribution in [-0.4, -0.2) is 54.3 Å². The van der Waals surface area contributed by atoms with Crippen molar-refractivity contribution in [2.75, 3.05) is 26.7 Å². The van der Waals surface area contributed by atoms with Gasteiger partial charge >= 0.3 is 111 Å². The molecular formula is C13H19AsN2O. The Kier molecular flexibility index (Phi) is 4.24. The zero-order valence-electron chi connectivity index (χ0n) is 10.2. The molecule has 1 N–H and O–H groups in total. The van der Waals surface area contributed by atoms with Crippen LogP contribution in [0.2, 0.25) is 0 Å². The third kappa shape index (κ3) is 3.33. The van der Waals surface area contributed by atoms with E-state index in [0.717, 1.165) is 25.9 Å². The van der Waals surface area contributed by atoms with Crippen LogP contribution >= 0.6 is 0 Å². The van der Waals surface area contributed by atoms with E-state index in [1.54, 1.807) is 23.9 Å². The van der Waals surface area contributed by atoms with Gasteiger partial charge in [-0.15, -0.1) is 0 Å². The average Bonchev–Trinajstić information content (AvgIpc) is 2.52. The normalized spacial score (nSPS) is 16.1. The van der Waals surface area contributed by atoms with Gasteiger partial charge in [-0.05, 0) is 0 Å². The van der Waals surface area contributed by atoms with Crippen molar-refractivity contribution >= 4 is 27.1 Å². The molecule has 1 amide bonds. The van der Waals surface area contributed by atoms with Gasteiger partial charge in [-0.25, -0.2) is 0 Å². The Labute approximate surface area is 111 Å². The molecule has 1 aromatic rings. The molecule has 0 radical (unpaired) electrons. The molecule has 0 saturated carbocycles. The Balaban J connectivity index is 2.03. The summed E-state index contributed by atoms with van der Waals surface area (Å²) in [7, 11) is 1.69. The standard InChI is InChI=1S/C13H19AsN2O/c1-15-13(17)9-16-6-4-10-2-3-12(14)8-11(10)5-7-16/h2-3,8H,4-7,9,14H2,1H3,(H,15,17). The van der Waals surface area contributed by atoms with Crippen molar-refractivity contribution in [3.8, 4) is 0 Å². The van der Waals surface area contributed by atoms with Crippen molar-refractivity contribution in [2.24, 2.45) is 0 Å². The molecule has 1 aliphatic rings. The fraction of sp³-hybridized carbons (Fsp3) is 0.462. The minimum atomic E-state index is 0.107. The topological polar surface area (TPSA) is 32.3 Å². The summed E-state index contributed by atoms with van der Waals surface area (Å²) in [6.45, 7) is 2.49. The molecule has 4 heteroatoms. The summed E-state index contributed by atoms with van der Waals surface area (Å²) < 4.78 is 1.39. The predicted octanol–water partition coefficient (Wildman–Crippen LogP) is -0.908. The second-order valence-corrected chi connectivity index (χ2v) is 5.88. The van der Waals surface area contributed by atoms with Crippen LogP contribution in [-0.2, 0) is 17.6 Å². The first-order valence-corrected chi connectivity index (χ1v) is 7.20. The second kappa shape index (κ2) is 5.70. The summed E-state index contributed by atoms with van der Waals surface area (Å²) in [6.07, 6.45) is 2.11. The number of amides is 1. The number of rotatable bonds is 2. The molecular weight excluding hydrogens is 275 g/mol. The Hall–Kier alpha value is -0.792. The van der Waals surface area contributed by atoms with E-state index in [0.29, 0.717) is 6.54 Å². The molecule has 1 unspecified atom stereocenters. The predicted molar refractivity (Wildman–Crippen MR) is 72.5 cm³/mol. The molecule has 1 aromatic carbocycles. The summed E-state index contributed by atoms with van der Waals surface area (Å²) in [5.41, 5.74) is 2.91. The number of carbonyl (C=O) groups is 1. The van der Waals surface area contributed by atoms with E-state index in [4.69, 9.17) is 0 Å². The molecule has 92 valence electrons. The number of likely N-dealkylation sites (N-methyl/N-ethyl adjacent to an activating group) is 1. The van der Waals surface area contributed by atoms with Crippen LogP contribution in [0.3, 0.4) is 0 Å². The third-order valence-electron chi connectivity index (χ3n) is 3.27. The van der Waals surface area contributed by atoms with E-state index in [1.807, 2.05) is 0 Å². The SMILES string of the molecule is CNC(=O)CN1CCc2ccc([AsH2])cc2CC1. The molecule has 0 spiro atoms. The van der Waals surface area contributed by atoms with E-state index >= 15 is 0 Å². The van der Waals surface area contributed by atoms with Crippen LogP contribution in [0.15, 0.2) is 18.2 Å². The monoisotopic (exact) mass is 294 g/mol. The van der Waals surface area contributed by atoms with E-state index < -0.39 is 0 Å². The molecule has 0 aromatic heterocycles. The van der Waals surface area contributed by atoms with E-state index in [-0.39, 0.29) is 5.91 Å². The molecule has 2 rings (SSSR count). The summed E-state index contributed by atoms with van der Waals surface area (Å²) in [5.74, 6) is 0.107.